The summed E-state index contributed by atoms with van der Waals surface area (Å²) in [5, 5.41) is 15.5. The number of carbonyl (C=O) groups is 1. The molecule has 0 aliphatic carbocycles. The van der Waals surface area contributed by atoms with E-state index in [0.29, 0.717) is 35.0 Å². The fourth-order valence-corrected chi connectivity index (χ4v) is 3.62. The first-order valence-electron chi connectivity index (χ1n) is 9.06. The minimum Gasteiger partial charge on any atom is -0.493 e. The van der Waals surface area contributed by atoms with Gasteiger partial charge >= 0.3 is 6.03 Å². The zero-order valence-corrected chi connectivity index (χ0v) is 16.3. The molecule has 154 valence electrons. The Labute approximate surface area is 167 Å². The van der Waals surface area contributed by atoms with Crippen molar-refractivity contribution >= 4 is 17.4 Å². The molecule has 0 bridgehead atoms. The van der Waals surface area contributed by atoms with E-state index in [2.05, 4.69) is 16.2 Å². The zero-order chi connectivity index (χ0) is 20.5. The van der Waals surface area contributed by atoms with Gasteiger partial charge in [0.1, 0.15) is 11.9 Å². The molecule has 1 fully saturated rings. The maximum Gasteiger partial charge on any atom is 0.344 e. The molecule has 2 atom stereocenters. The molecule has 2 heterocycles. The Kier molecular flexibility index (Phi) is 5.05. The number of nitrogens with zero attached hydrogens (tertiary/aromatic N) is 2. The van der Waals surface area contributed by atoms with Gasteiger partial charge in [-0.15, -0.1) is 0 Å². The van der Waals surface area contributed by atoms with Gasteiger partial charge in [0.05, 0.1) is 27.0 Å². The van der Waals surface area contributed by atoms with Crippen LogP contribution in [0.3, 0.4) is 0 Å². The topological polar surface area (TPSA) is 108 Å². The lowest BCUT2D eigenvalue weighted by atomic mass is 10.0. The number of rotatable bonds is 5. The van der Waals surface area contributed by atoms with Crippen LogP contribution >= 0.6 is 0 Å². The van der Waals surface area contributed by atoms with Crippen LogP contribution < -0.4 is 35.6 Å². The first-order valence-corrected chi connectivity index (χ1v) is 9.06. The van der Waals surface area contributed by atoms with Crippen LogP contribution in [0.4, 0.5) is 16.2 Å². The van der Waals surface area contributed by atoms with Gasteiger partial charge in [0.15, 0.2) is 11.5 Å². The quantitative estimate of drug-likeness (QED) is 0.604. The predicted octanol–water partition coefficient (Wildman–Crippen LogP) is 2.24. The van der Waals surface area contributed by atoms with E-state index < -0.39 is 12.2 Å². The summed E-state index contributed by atoms with van der Waals surface area (Å²) >= 11 is 0. The third kappa shape index (κ3) is 3.27. The van der Waals surface area contributed by atoms with E-state index in [1.165, 1.54) is 5.01 Å². The molecule has 29 heavy (non-hydrogen) atoms. The van der Waals surface area contributed by atoms with E-state index in [1.54, 1.807) is 45.6 Å². The molecule has 0 aromatic heterocycles. The first kappa shape index (κ1) is 19.1. The Hall–Kier alpha value is -3.21. The monoisotopic (exact) mass is 401 g/mol. The van der Waals surface area contributed by atoms with Crippen molar-refractivity contribution in [3.8, 4) is 17.2 Å². The predicted molar refractivity (Wildman–Crippen MR) is 105 cm³/mol. The SMILES string of the molecule is COc1cc(C2CC(N3C(=O)Nc4ccccc4N3O)NN2)cc(OC)c1OC. The molecule has 1 saturated heterocycles. The summed E-state index contributed by atoms with van der Waals surface area (Å²) < 4.78 is 16.2. The number of fused-ring (bicyclic) bond motifs is 1. The van der Waals surface area contributed by atoms with E-state index in [0.717, 1.165) is 10.7 Å². The van der Waals surface area contributed by atoms with Crippen LogP contribution in [0.5, 0.6) is 17.2 Å². The number of anilines is 2. The lowest BCUT2D eigenvalue weighted by Gasteiger charge is -2.39. The number of carbonyl (C=O) groups excluding carboxylic acids is 1. The third-order valence-corrected chi connectivity index (χ3v) is 5.04. The van der Waals surface area contributed by atoms with Crippen LogP contribution in [0.1, 0.15) is 18.0 Å². The highest BCUT2D eigenvalue weighted by Gasteiger charge is 2.39. The van der Waals surface area contributed by atoms with Gasteiger partial charge in [0.2, 0.25) is 5.75 Å². The highest BCUT2D eigenvalue weighted by atomic mass is 16.6. The molecular formula is C19H23N5O5. The molecule has 2 aromatic rings. The van der Waals surface area contributed by atoms with E-state index in [1.807, 2.05) is 12.1 Å². The van der Waals surface area contributed by atoms with Crippen LogP contribution in [0.2, 0.25) is 0 Å². The van der Waals surface area contributed by atoms with Crippen LogP contribution in [0.25, 0.3) is 0 Å². The molecular weight excluding hydrogens is 378 g/mol. The Balaban J connectivity index is 1.58. The van der Waals surface area contributed by atoms with Gasteiger partial charge in [-0.3, -0.25) is 5.21 Å². The van der Waals surface area contributed by atoms with Crippen LogP contribution in [-0.4, -0.2) is 43.7 Å². The Morgan fingerprint density at radius 2 is 1.72 bits per heavy atom. The van der Waals surface area contributed by atoms with Crippen LogP contribution in [0.15, 0.2) is 36.4 Å². The van der Waals surface area contributed by atoms with Gasteiger partial charge < -0.3 is 19.5 Å². The minimum atomic E-state index is -0.488. The second-order valence-corrected chi connectivity index (χ2v) is 6.63. The van der Waals surface area contributed by atoms with Gasteiger partial charge in [-0.05, 0) is 29.8 Å². The Morgan fingerprint density at radius 3 is 2.38 bits per heavy atom. The summed E-state index contributed by atoms with van der Waals surface area (Å²) in [6.45, 7) is 0. The molecule has 0 spiro atoms. The van der Waals surface area contributed by atoms with Crippen molar-refractivity contribution in [1.29, 1.82) is 0 Å². The fourth-order valence-electron chi connectivity index (χ4n) is 3.62. The third-order valence-electron chi connectivity index (χ3n) is 5.04. The Morgan fingerprint density at radius 1 is 1.03 bits per heavy atom. The first-order chi connectivity index (χ1) is 14.1. The summed E-state index contributed by atoms with van der Waals surface area (Å²) in [4.78, 5) is 12.6. The van der Waals surface area contributed by atoms with Crippen LogP contribution in [-0.2, 0) is 0 Å². The maximum absolute atomic E-state index is 12.6. The summed E-state index contributed by atoms with van der Waals surface area (Å²) in [5.74, 6) is 1.59. The van der Waals surface area contributed by atoms with Gasteiger partial charge in [0.25, 0.3) is 0 Å². The van der Waals surface area contributed by atoms with Gasteiger partial charge in [0, 0.05) is 12.5 Å². The summed E-state index contributed by atoms with van der Waals surface area (Å²) in [5.41, 5.74) is 8.16. The van der Waals surface area contributed by atoms with Crippen molar-refractivity contribution in [2.45, 2.75) is 18.6 Å². The second-order valence-electron chi connectivity index (χ2n) is 6.63. The zero-order valence-electron chi connectivity index (χ0n) is 16.3. The molecule has 0 radical (unpaired) electrons. The van der Waals surface area contributed by atoms with Crippen molar-refractivity contribution in [3.63, 3.8) is 0 Å². The number of ether oxygens (including phenoxy) is 3. The normalized spacial score (nSPS) is 20.9. The van der Waals surface area contributed by atoms with Gasteiger partial charge in [-0.25, -0.2) is 15.6 Å². The summed E-state index contributed by atoms with van der Waals surface area (Å²) in [7, 11) is 4.67. The van der Waals surface area contributed by atoms with Gasteiger partial charge in [-0.1, -0.05) is 12.1 Å². The molecule has 10 heteroatoms. The van der Waals surface area contributed by atoms with E-state index in [-0.39, 0.29) is 6.04 Å². The maximum atomic E-state index is 12.6. The molecule has 2 amide bonds. The number of hydrazine groups is 2. The molecule has 2 aliphatic heterocycles. The van der Waals surface area contributed by atoms with Crippen molar-refractivity contribution in [2.24, 2.45) is 0 Å². The van der Waals surface area contributed by atoms with Crippen molar-refractivity contribution in [3.05, 3.63) is 42.0 Å². The van der Waals surface area contributed by atoms with Crippen LogP contribution in [0, 0.1) is 0 Å². The van der Waals surface area contributed by atoms with Crippen molar-refractivity contribution < 1.29 is 24.2 Å². The molecule has 4 N–H and O–H groups in total. The van der Waals surface area contributed by atoms with Gasteiger partial charge in [-0.2, -0.15) is 10.2 Å². The lowest BCUT2D eigenvalue weighted by Crippen LogP contribution is -2.59. The molecule has 0 saturated carbocycles. The second kappa shape index (κ2) is 7.66. The van der Waals surface area contributed by atoms with E-state index in [9.17, 15) is 10.0 Å². The molecule has 10 nitrogen and oxygen atoms in total. The van der Waals surface area contributed by atoms with E-state index in [4.69, 9.17) is 14.2 Å². The minimum absolute atomic E-state index is 0.160. The number of nitrogens with one attached hydrogen (secondary N) is 3. The molecule has 4 rings (SSSR count). The summed E-state index contributed by atoms with van der Waals surface area (Å²) in [6, 6.07) is 10.1. The smallest absolute Gasteiger partial charge is 0.344 e. The Bertz CT molecular complexity index is 899. The number of methoxy groups -OCH3 is 3. The van der Waals surface area contributed by atoms with Crippen molar-refractivity contribution in [2.75, 3.05) is 31.8 Å². The summed E-state index contributed by atoms with van der Waals surface area (Å²) in [6.07, 6.45) is 0.00288. The number of amides is 2. The number of hydrogen-bond acceptors (Lipinski definition) is 8. The molecule has 2 aromatic carbocycles. The number of para-hydroxylation sites is 2. The lowest BCUT2D eigenvalue weighted by molar-refractivity contribution is 0.0556. The number of hydrogen-bond donors (Lipinski definition) is 4. The number of urea groups is 1. The highest BCUT2D eigenvalue weighted by Crippen LogP contribution is 2.41. The highest BCUT2D eigenvalue weighted by molar-refractivity contribution is 5.97. The average molecular weight is 401 g/mol. The van der Waals surface area contributed by atoms with E-state index >= 15 is 0 Å². The number of benzene rings is 2. The molecule has 2 unspecified atom stereocenters. The fraction of sp³-hybridized carbons (Fsp3) is 0.316. The standard InChI is InChI=1S/C19H23N5O5/c1-27-15-8-11(9-16(28-2)18(15)29-3)13-10-17(22-21-13)23-19(25)20-12-6-4-5-7-14(12)24(23)26/h4-9,13,17,21-22,26H,10H2,1-3H3,(H,20,25). The molecule has 2 aliphatic rings. The average Bonchev–Trinajstić information content (AvgIpc) is 3.22. The largest absolute Gasteiger partial charge is 0.493 e. The van der Waals surface area contributed by atoms with Crippen molar-refractivity contribution in [1.82, 2.24) is 15.9 Å².